The lowest BCUT2D eigenvalue weighted by molar-refractivity contribution is -0.123. The normalized spacial score (nSPS) is 43.6. The van der Waals surface area contributed by atoms with Crippen LogP contribution in [0, 0.1) is 22.7 Å². The van der Waals surface area contributed by atoms with E-state index in [1.165, 1.54) is 25.7 Å². The highest BCUT2D eigenvalue weighted by Gasteiger charge is 2.61. The molecule has 122 valence electrons. The van der Waals surface area contributed by atoms with Crippen molar-refractivity contribution in [2.75, 3.05) is 0 Å². The Kier molecular flexibility index (Phi) is 4.66. The first-order chi connectivity index (χ1) is 9.34. The molecule has 3 saturated carbocycles. The Balaban J connectivity index is 0.00000161. The van der Waals surface area contributed by atoms with Crippen LogP contribution in [0.15, 0.2) is 0 Å². The van der Waals surface area contributed by atoms with Crippen molar-refractivity contribution in [2.24, 2.45) is 28.4 Å². The molecule has 0 radical (unpaired) electrons. The van der Waals surface area contributed by atoms with Gasteiger partial charge in [0.1, 0.15) is 0 Å². The molecule has 2 bridgehead atoms. The van der Waals surface area contributed by atoms with Gasteiger partial charge in [-0.1, -0.05) is 27.2 Å². The Morgan fingerprint density at radius 1 is 1.24 bits per heavy atom. The predicted molar refractivity (Wildman–Crippen MR) is 88.3 cm³/mol. The molecule has 4 heteroatoms. The van der Waals surface area contributed by atoms with E-state index in [0.717, 1.165) is 18.8 Å². The molecule has 3 aliphatic carbocycles. The van der Waals surface area contributed by atoms with Crippen molar-refractivity contribution in [1.29, 1.82) is 0 Å². The zero-order chi connectivity index (χ0) is 14.5. The van der Waals surface area contributed by atoms with E-state index >= 15 is 0 Å². The van der Waals surface area contributed by atoms with Gasteiger partial charge in [0.05, 0.1) is 0 Å². The van der Waals surface area contributed by atoms with Crippen molar-refractivity contribution in [2.45, 2.75) is 77.8 Å². The smallest absolute Gasteiger partial charge is 0.220 e. The first kappa shape index (κ1) is 17.1. The van der Waals surface area contributed by atoms with Crippen LogP contribution >= 0.6 is 12.4 Å². The van der Waals surface area contributed by atoms with Crippen molar-refractivity contribution in [3.8, 4) is 0 Å². The third-order valence-electron chi connectivity index (χ3n) is 7.29. The lowest BCUT2D eigenvalue weighted by Crippen LogP contribution is -2.47. The van der Waals surface area contributed by atoms with Gasteiger partial charge in [0.2, 0.25) is 5.91 Å². The molecule has 0 aromatic carbocycles. The van der Waals surface area contributed by atoms with Crippen LogP contribution in [0.3, 0.4) is 0 Å². The molecular weight excluding hydrogens is 284 g/mol. The molecule has 1 amide bonds. The van der Waals surface area contributed by atoms with Crippen molar-refractivity contribution < 1.29 is 4.79 Å². The molecule has 3 N–H and O–H groups in total. The number of fused-ring (bicyclic) bond motifs is 2. The summed E-state index contributed by atoms with van der Waals surface area (Å²) < 4.78 is 0. The molecule has 3 aliphatic rings. The van der Waals surface area contributed by atoms with Crippen molar-refractivity contribution >= 4 is 18.3 Å². The van der Waals surface area contributed by atoms with Gasteiger partial charge in [-0.15, -0.1) is 12.4 Å². The summed E-state index contributed by atoms with van der Waals surface area (Å²) in [6, 6.07) is 0.620. The standard InChI is InChI=1S/C17H30N2O.ClH/c1-16(2)12-7-8-17(16,3)14(10-12)19-15(20)9-11-5-4-6-13(11)18;/h11-14H,4-10,18H2,1-3H3,(H,19,20);1H/t11-,12?,13+,14?,17?;/m0./s1. The molecule has 3 nitrogen and oxygen atoms in total. The Morgan fingerprint density at radius 3 is 2.43 bits per heavy atom. The average molecular weight is 315 g/mol. The highest BCUT2D eigenvalue weighted by Crippen LogP contribution is 2.65. The lowest BCUT2D eigenvalue weighted by Gasteiger charge is -2.39. The van der Waals surface area contributed by atoms with Crippen LogP contribution in [0.2, 0.25) is 0 Å². The highest BCUT2D eigenvalue weighted by atomic mass is 35.5. The summed E-state index contributed by atoms with van der Waals surface area (Å²) in [6.45, 7) is 7.17. The number of halogens is 1. The molecule has 3 fully saturated rings. The molecule has 0 aromatic heterocycles. The van der Waals surface area contributed by atoms with E-state index < -0.39 is 0 Å². The Labute approximate surface area is 135 Å². The fourth-order valence-corrected chi connectivity index (χ4v) is 5.23. The molecule has 0 heterocycles. The maximum Gasteiger partial charge on any atom is 0.220 e. The topological polar surface area (TPSA) is 55.1 Å². The number of hydrogen-bond acceptors (Lipinski definition) is 2. The van der Waals surface area contributed by atoms with Crippen LogP contribution in [0.1, 0.15) is 65.7 Å². The Morgan fingerprint density at radius 2 is 1.95 bits per heavy atom. The summed E-state index contributed by atoms with van der Waals surface area (Å²) in [6.07, 6.45) is 7.82. The minimum Gasteiger partial charge on any atom is -0.353 e. The second-order valence-corrected chi connectivity index (χ2v) is 8.29. The van der Waals surface area contributed by atoms with E-state index in [9.17, 15) is 4.79 Å². The van der Waals surface area contributed by atoms with Crippen LogP contribution in [0.5, 0.6) is 0 Å². The molecule has 0 aromatic rings. The number of rotatable bonds is 3. The van der Waals surface area contributed by atoms with Crippen LogP contribution in [0.4, 0.5) is 0 Å². The molecule has 0 aliphatic heterocycles. The molecule has 3 rings (SSSR count). The second-order valence-electron chi connectivity index (χ2n) is 8.29. The Bertz CT molecular complexity index is 412. The third-order valence-corrected chi connectivity index (χ3v) is 7.29. The summed E-state index contributed by atoms with van der Waals surface area (Å²) >= 11 is 0. The van der Waals surface area contributed by atoms with E-state index in [-0.39, 0.29) is 29.8 Å². The van der Waals surface area contributed by atoms with Crippen molar-refractivity contribution in [3.05, 3.63) is 0 Å². The minimum absolute atomic E-state index is 0. The summed E-state index contributed by atoms with van der Waals surface area (Å²) in [7, 11) is 0. The van der Waals surface area contributed by atoms with E-state index in [1.807, 2.05) is 0 Å². The lowest BCUT2D eigenvalue weighted by atomic mass is 9.69. The van der Waals surface area contributed by atoms with Crippen LogP contribution in [-0.4, -0.2) is 18.0 Å². The van der Waals surface area contributed by atoms with Crippen LogP contribution < -0.4 is 11.1 Å². The zero-order valence-electron chi connectivity index (χ0n) is 13.7. The third kappa shape index (κ3) is 2.61. The van der Waals surface area contributed by atoms with Crippen LogP contribution in [0.25, 0.3) is 0 Å². The molecule has 5 atom stereocenters. The van der Waals surface area contributed by atoms with Crippen molar-refractivity contribution in [3.63, 3.8) is 0 Å². The van der Waals surface area contributed by atoms with Gasteiger partial charge >= 0.3 is 0 Å². The maximum atomic E-state index is 12.4. The van der Waals surface area contributed by atoms with Gasteiger partial charge in [-0.3, -0.25) is 4.79 Å². The van der Waals surface area contributed by atoms with E-state index in [1.54, 1.807) is 0 Å². The highest BCUT2D eigenvalue weighted by molar-refractivity contribution is 5.85. The van der Waals surface area contributed by atoms with Gasteiger partial charge in [-0.25, -0.2) is 0 Å². The van der Waals surface area contributed by atoms with E-state index in [0.29, 0.717) is 23.8 Å². The summed E-state index contributed by atoms with van der Waals surface area (Å²) in [4.78, 5) is 12.4. The first-order valence-electron chi connectivity index (χ1n) is 8.39. The van der Waals surface area contributed by atoms with Crippen LogP contribution in [-0.2, 0) is 4.79 Å². The minimum atomic E-state index is 0. The van der Waals surface area contributed by atoms with Gasteiger partial charge in [0.15, 0.2) is 0 Å². The zero-order valence-corrected chi connectivity index (χ0v) is 14.5. The number of carbonyl (C=O) groups excluding carboxylic acids is 1. The van der Waals surface area contributed by atoms with Gasteiger partial charge < -0.3 is 11.1 Å². The SMILES string of the molecule is CC1(C)C2CCC1(C)C(NC(=O)C[C@@H]1CCC[C@H]1N)C2.Cl. The summed E-state index contributed by atoms with van der Waals surface area (Å²) in [5, 5.41) is 3.36. The number of nitrogens with one attached hydrogen (secondary N) is 1. The number of amides is 1. The molecule has 3 unspecified atom stereocenters. The molecule has 21 heavy (non-hydrogen) atoms. The van der Waals surface area contributed by atoms with Gasteiger partial charge in [0, 0.05) is 18.5 Å². The molecule has 0 spiro atoms. The number of hydrogen-bond donors (Lipinski definition) is 2. The quantitative estimate of drug-likeness (QED) is 0.840. The fourth-order valence-electron chi connectivity index (χ4n) is 5.23. The summed E-state index contributed by atoms with van der Waals surface area (Å²) in [5.74, 6) is 1.43. The van der Waals surface area contributed by atoms with Gasteiger partial charge in [0.25, 0.3) is 0 Å². The maximum absolute atomic E-state index is 12.4. The Hall–Kier alpha value is -0.280. The fraction of sp³-hybridized carbons (Fsp3) is 0.941. The molecular formula is C17H31ClN2O. The van der Waals surface area contributed by atoms with Crippen molar-refractivity contribution in [1.82, 2.24) is 5.32 Å². The van der Waals surface area contributed by atoms with Gasteiger partial charge in [-0.2, -0.15) is 0 Å². The van der Waals surface area contributed by atoms with E-state index in [4.69, 9.17) is 5.73 Å². The van der Waals surface area contributed by atoms with E-state index in [2.05, 4.69) is 26.1 Å². The monoisotopic (exact) mass is 314 g/mol. The molecule has 0 saturated heterocycles. The predicted octanol–water partition coefficient (Wildman–Crippen LogP) is 3.26. The number of carbonyl (C=O) groups is 1. The number of nitrogens with two attached hydrogens (primary N) is 1. The summed E-state index contributed by atoms with van der Waals surface area (Å²) in [5.41, 5.74) is 6.74. The largest absolute Gasteiger partial charge is 0.353 e. The first-order valence-corrected chi connectivity index (χ1v) is 8.39. The second kappa shape index (κ2) is 5.73. The average Bonchev–Trinajstić information content (AvgIpc) is 2.91. The van der Waals surface area contributed by atoms with Gasteiger partial charge in [-0.05, 0) is 54.8 Å².